The van der Waals surface area contributed by atoms with E-state index in [1.165, 1.54) is 0 Å². The molecule has 9 heteroatoms. The van der Waals surface area contributed by atoms with Crippen LogP contribution < -0.4 is 4.90 Å². The van der Waals surface area contributed by atoms with Gasteiger partial charge in [-0.3, -0.25) is 4.79 Å². The molecular weight excluding hydrogens is 395 g/mol. The Labute approximate surface area is 171 Å². The third-order valence-electron chi connectivity index (χ3n) is 5.68. The van der Waals surface area contributed by atoms with Crippen LogP contribution in [0.5, 0.6) is 0 Å². The minimum atomic E-state index is -4.64. The molecule has 1 atom stereocenters. The summed E-state index contributed by atoms with van der Waals surface area (Å²) in [4.78, 5) is 22.6. The average molecular weight is 417 g/mol. The first-order valence-electron chi connectivity index (χ1n) is 9.87. The second-order valence-electron chi connectivity index (χ2n) is 7.69. The van der Waals surface area contributed by atoms with Gasteiger partial charge in [0.1, 0.15) is 0 Å². The molecule has 0 radical (unpaired) electrons. The number of halogens is 3. The highest BCUT2D eigenvalue weighted by Crippen LogP contribution is 2.31. The van der Waals surface area contributed by atoms with Crippen molar-refractivity contribution in [1.82, 2.24) is 19.6 Å². The Kier molecular flexibility index (Phi) is 4.99. The van der Waals surface area contributed by atoms with Crippen LogP contribution in [0.3, 0.4) is 0 Å². The van der Waals surface area contributed by atoms with E-state index < -0.39 is 12.0 Å². The van der Waals surface area contributed by atoms with Crippen molar-refractivity contribution >= 4 is 17.4 Å². The van der Waals surface area contributed by atoms with Gasteiger partial charge in [-0.2, -0.15) is 18.2 Å². The van der Waals surface area contributed by atoms with Crippen LogP contribution in [0.25, 0.3) is 5.78 Å². The lowest BCUT2D eigenvalue weighted by molar-refractivity contribution is -0.144. The van der Waals surface area contributed by atoms with Crippen molar-refractivity contribution < 1.29 is 18.0 Å². The molecule has 0 fully saturated rings. The molecule has 1 amide bonds. The van der Waals surface area contributed by atoms with Gasteiger partial charge < -0.3 is 4.90 Å². The summed E-state index contributed by atoms with van der Waals surface area (Å²) in [5, 5.41) is 3.57. The Bertz CT molecular complexity index is 1120. The lowest BCUT2D eigenvalue weighted by Gasteiger charge is -2.35. The minimum absolute atomic E-state index is 0.0110. The van der Waals surface area contributed by atoms with Gasteiger partial charge in [0.05, 0.1) is 0 Å². The summed E-state index contributed by atoms with van der Waals surface area (Å²) in [6.45, 7) is 5.43. The number of benzene rings is 1. The van der Waals surface area contributed by atoms with E-state index in [9.17, 15) is 18.0 Å². The Balaban J connectivity index is 1.60. The number of aromatic nitrogens is 4. The van der Waals surface area contributed by atoms with Crippen molar-refractivity contribution in [3.63, 3.8) is 0 Å². The molecule has 0 bridgehead atoms. The third kappa shape index (κ3) is 3.53. The highest BCUT2D eigenvalue weighted by molar-refractivity contribution is 5.95. The molecule has 0 unspecified atom stereocenters. The lowest BCUT2D eigenvalue weighted by Crippen LogP contribution is -2.42. The fraction of sp³-hybridized carbons (Fsp3) is 0.429. The van der Waals surface area contributed by atoms with Crippen LogP contribution in [-0.4, -0.2) is 31.5 Å². The Morgan fingerprint density at radius 2 is 1.93 bits per heavy atom. The second kappa shape index (κ2) is 7.37. The quantitative estimate of drug-likeness (QED) is 0.645. The molecule has 0 N–H and O–H groups in total. The van der Waals surface area contributed by atoms with Gasteiger partial charge >= 0.3 is 6.18 Å². The van der Waals surface area contributed by atoms with Gasteiger partial charge in [0.25, 0.3) is 11.6 Å². The van der Waals surface area contributed by atoms with Crippen molar-refractivity contribution in [2.24, 2.45) is 0 Å². The zero-order valence-electron chi connectivity index (χ0n) is 17.0. The lowest BCUT2D eigenvalue weighted by atomic mass is 9.95. The van der Waals surface area contributed by atoms with Crippen molar-refractivity contribution in [2.75, 3.05) is 4.90 Å². The van der Waals surface area contributed by atoms with Gasteiger partial charge in [0.15, 0.2) is 0 Å². The summed E-state index contributed by atoms with van der Waals surface area (Å²) in [5.41, 5.74) is 3.88. The van der Waals surface area contributed by atoms with Crippen LogP contribution in [0.1, 0.15) is 48.1 Å². The van der Waals surface area contributed by atoms with E-state index in [2.05, 4.69) is 15.1 Å². The number of aryl methyl sites for hydroxylation is 3. The maximum atomic E-state index is 13.1. The zero-order chi connectivity index (χ0) is 21.6. The summed E-state index contributed by atoms with van der Waals surface area (Å²) >= 11 is 0. The minimum Gasteiger partial charge on any atom is -0.309 e. The number of nitrogens with zero attached hydrogens (tertiary/aromatic N) is 5. The summed E-state index contributed by atoms with van der Waals surface area (Å²) in [6.07, 6.45) is -2.20. The van der Waals surface area contributed by atoms with E-state index >= 15 is 0 Å². The Morgan fingerprint density at radius 3 is 2.67 bits per heavy atom. The van der Waals surface area contributed by atoms with Gasteiger partial charge in [0, 0.05) is 29.5 Å². The largest absolute Gasteiger partial charge is 0.453 e. The first-order chi connectivity index (χ1) is 14.2. The number of anilines is 1. The molecule has 1 aromatic carbocycles. The maximum absolute atomic E-state index is 13.1. The number of hydrogen-bond donors (Lipinski definition) is 0. The van der Waals surface area contributed by atoms with Gasteiger partial charge in [-0.1, -0.05) is 18.2 Å². The number of rotatable bonds is 3. The summed E-state index contributed by atoms with van der Waals surface area (Å²) < 4.78 is 40.0. The number of amides is 1. The van der Waals surface area contributed by atoms with Gasteiger partial charge in [-0.15, -0.1) is 5.10 Å². The highest BCUT2D eigenvalue weighted by Gasteiger charge is 2.37. The van der Waals surface area contributed by atoms with E-state index in [1.54, 1.807) is 13.8 Å². The first kappa shape index (κ1) is 20.3. The van der Waals surface area contributed by atoms with Crippen molar-refractivity contribution in [2.45, 2.75) is 58.7 Å². The molecule has 3 aromatic rings. The van der Waals surface area contributed by atoms with Crippen molar-refractivity contribution in [3.8, 4) is 0 Å². The average Bonchev–Trinajstić information content (AvgIpc) is 3.12. The second-order valence-corrected chi connectivity index (χ2v) is 7.69. The molecule has 158 valence electrons. The topological polar surface area (TPSA) is 63.4 Å². The monoisotopic (exact) mass is 417 g/mol. The molecule has 1 aliphatic heterocycles. The predicted molar refractivity (Wildman–Crippen MR) is 105 cm³/mol. The third-order valence-corrected chi connectivity index (χ3v) is 5.68. The molecule has 0 aliphatic carbocycles. The number of alkyl halides is 3. The van der Waals surface area contributed by atoms with Gasteiger partial charge in [0.2, 0.25) is 5.91 Å². The van der Waals surface area contributed by atoms with Crippen molar-refractivity contribution in [3.05, 3.63) is 52.6 Å². The Hall–Kier alpha value is -2.97. The SMILES string of the molecule is Cc1nc2nc(C(F)(F)F)nn2c(C)c1CCC(=O)N1c2ccccc2CC[C@H]1C. The molecule has 0 saturated carbocycles. The molecule has 30 heavy (non-hydrogen) atoms. The fourth-order valence-corrected chi connectivity index (χ4v) is 4.11. The van der Waals surface area contributed by atoms with E-state index in [1.807, 2.05) is 36.1 Å². The number of carbonyl (C=O) groups excluding carboxylic acids is 1. The van der Waals surface area contributed by atoms with Crippen LogP contribution in [-0.2, 0) is 23.8 Å². The summed E-state index contributed by atoms with van der Waals surface area (Å²) in [6, 6.07) is 7.99. The number of para-hydroxylation sites is 1. The van der Waals surface area contributed by atoms with Crippen LogP contribution in [0.2, 0.25) is 0 Å². The Morgan fingerprint density at radius 1 is 1.20 bits per heavy atom. The van der Waals surface area contributed by atoms with E-state index in [0.717, 1.165) is 28.6 Å². The van der Waals surface area contributed by atoms with E-state index in [4.69, 9.17) is 0 Å². The standard InChI is InChI=1S/C21H22F3N5O/c1-12-8-9-15-6-4-5-7-17(15)28(12)18(30)11-10-16-13(2)25-20-26-19(21(22,23)24)27-29(20)14(16)3/h4-7,12H,8-11H2,1-3H3/t12-/m1/s1. The zero-order valence-corrected chi connectivity index (χ0v) is 17.0. The molecule has 0 spiro atoms. The highest BCUT2D eigenvalue weighted by atomic mass is 19.4. The molecule has 6 nitrogen and oxygen atoms in total. The molecule has 3 heterocycles. The van der Waals surface area contributed by atoms with Crippen LogP contribution in [0.4, 0.5) is 18.9 Å². The van der Waals surface area contributed by atoms with Gasteiger partial charge in [-0.05, 0) is 57.2 Å². The smallest absolute Gasteiger partial charge is 0.309 e. The first-order valence-corrected chi connectivity index (χ1v) is 9.87. The normalized spacial score (nSPS) is 16.7. The molecule has 1 aliphatic rings. The molecule has 2 aromatic heterocycles. The number of hydrogen-bond acceptors (Lipinski definition) is 4. The fourth-order valence-electron chi connectivity index (χ4n) is 4.11. The number of fused-ring (bicyclic) bond motifs is 2. The summed E-state index contributed by atoms with van der Waals surface area (Å²) in [7, 11) is 0. The summed E-state index contributed by atoms with van der Waals surface area (Å²) in [5.74, 6) is -1.32. The molecular formula is C21H22F3N5O. The number of carbonyl (C=O) groups is 1. The van der Waals surface area contributed by atoms with E-state index in [0.29, 0.717) is 23.4 Å². The van der Waals surface area contributed by atoms with Gasteiger partial charge in [-0.25, -0.2) is 9.50 Å². The predicted octanol–water partition coefficient (Wildman–Crippen LogP) is 4.06. The van der Waals surface area contributed by atoms with E-state index in [-0.39, 0.29) is 24.1 Å². The van der Waals surface area contributed by atoms with Crippen LogP contribution >= 0.6 is 0 Å². The van der Waals surface area contributed by atoms with Crippen LogP contribution in [0, 0.1) is 13.8 Å². The maximum Gasteiger partial charge on any atom is 0.453 e. The molecule has 4 rings (SSSR count). The van der Waals surface area contributed by atoms with Crippen molar-refractivity contribution in [1.29, 1.82) is 0 Å². The molecule has 0 saturated heterocycles. The van der Waals surface area contributed by atoms with Crippen LogP contribution in [0.15, 0.2) is 24.3 Å².